The first kappa shape index (κ1) is 12.5. The Morgan fingerprint density at radius 2 is 2.18 bits per heavy atom. The molecule has 4 heteroatoms. The van der Waals surface area contributed by atoms with E-state index in [2.05, 4.69) is 5.32 Å². The van der Waals surface area contributed by atoms with E-state index >= 15 is 0 Å². The second-order valence-corrected chi connectivity index (χ2v) is 4.85. The molecule has 0 aliphatic carbocycles. The van der Waals surface area contributed by atoms with E-state index in [0.717, 1.165) is 25.5 Å². The van der Waals surface area contributed by atoms with Crippen LogP contribution in [0.2, 0.25) is 0 Å². The highest BCUT2D eigenvalue weighted by Crippen LogP contribution is 2.31. The van der Waals surface area contributed by atoms with Crippen LogP contribution in [0.15, 0.2) is 18.2 Å². The zero-order valence-corrected chi connectivity index (χ0v) is 9.68. The van der Waals surface area contributed by atoms with Gasteiger partial charge in [0.1, 0.15) is 11.6 Å². The maximum absolute atomic E-state index is 13.6. The van der Waals surface area contributed by atoms with Crippen molar-refractivity contribution in [2.24, 2.45) is 5.41 Å². The van der Waals surface area contributed by atoms with E-state index < -0.39 is 11.6 Å². The van der Waals surface area contributed by atoms with Crippen molar-refractivity contribution in [3.05, 3.63) is 35.4 Å². The average Bonchev–Trinajstić information content (AvgIpc) is 2.34. The predicted octanol–water partition coefficient (Wildman–Crippen LogP) is 1.87. The summed E-state index contributed by atoms with van der Waals surface area (Å²) >= 11 is 0. The summed E-state index contributed by atoms with van der Waals surface area (Å²) in [6, 6.07) is 3.63. The van der Waals surface area contributed by atoms with Crippen LogP contribution < -0.4 is 5.32 Å². The number of rotatable bonds is 3. The Bertz CT molecular complexity index is 389. The lowest BCUT2D eigenvalue weighted by atomic mass is 9.76. The highest BCUT2D eigenvalue weighted by Gasteiger charge is 2.32. The largest absolute Gasteiger partial charge is 0.396 e. The van der Waals surface area contributed by atoms with Crippen LogP contribution in [0, 0.1) is 17.0 Å². The number of piperidine rings is 1. The Morgan fingerprint density at radius 3 is 2.76 bits per heavy atom. The minimum Gasteiger partial charge on any atom is -0.396 e. The van der Waals surface area contributed by atoms with E-state index in [-0.39, 0.29) is 12.0 Å². The fourth-order valence-electron chi connectivity index (χ4n) is 2.44. The molecule has 0 saturated carbocycles. The second kappa shape index (κ2) is 5.10. The fourth-order valence-corrected chi connectivity index (χ4v) is 2.44. The third kappa shape index (κ3) is 2.82. The topological polar surface area (TPSA) is 32.3 Å². The molecule has 1 aromatic rings. The van der Waals surface area contributed by atoms with Crippen LogP contribution in [-0.4, -0.2) is 24.8 Å². The molecule has 0 bridgehead atoms. The molecule has 0 radical (unpaired) electrons. The third-order valence-electron chi connectivity index (χ3n) is 3.48. The van der Waals surface area contributed by atoms with Gasteiger partial charge in [0.25, 0.3) is 0 Å². The van der Waals surface area contributed by atoms with Crippen molar-refractivity contribution < 1.29 is 13.9 Å². The van der Waals surface area contributed by atoms with Gasteiger partial charge in [-0.2, -0.15) is 0 Å². The quantitative estimate of drug-likeness (QED) is 0.846. The smallest absolute Gasteiger partial charge is 0.129 e. The summed E-state index contributed by atoms with van der Waals surface area (Å²) in [5.41, 5.74) is 0.167. The molecule has 1 aliphatic heterocycles. The van der Waals surface area contributed by atoms with E-state index in [0.29, 0.717) is 18.5 Å². The van der Waals surface area contributed by atoms with Crippen molar-refractivity contribution in [2.75, 3.05) is 19.7 Å². The highest BCUT2D eigenvalue weighted by atomic mass is 19.1. The van der Waals surface area contributed by atoms with Gasteiger partial charge in [-0.05, 0) is 37.4 Å². The van der Waals surface area contributed by atoms with Gasteiger partial charge in [-0.15, -0.1) is 0 Å². The standard InChI is InChI=1S/C13H17F2NO/c14-11-3-2-10(12(15)6-11)7-13(9-17)4-1-5-16-8-13/h2-3,6,16-17H,1,4-5,7-9H2/t13-/m0/s1. The van der Waals surface area contributed by atoms with Crippen LogP contribution in [0.4, 0.5) is 8.78 Å². The van der Waals surface area contributed by atoms with Crippen LogP contribution in [-0.2, 0) is 6.42 Å². The van der Waals surface area contributed by atoms with Crippen LogP contribution in [0.25, 0.3) is 0 Å². The molecule has 17 heavy (non-hydrogen) atoms. The lowest BCUT2D eigenvalue weighted by Crippen LogP contribution is -2.44. The number of nitrogens with one attached hydrogen (secondary N) is 1. The van der Waals surface area contributed by atoms with Gasteiger partial charge < -0.3 is 10.4 Å². The molecule has 1 aromatic carbocycles. The minimum absolute atomic E-state index is 0.0246. The molecule has 0 amide bonds. The van der Waals surface area contributed by atoms with E-state index in [4.69, 9.17) is 0 Å². The van der Waals surface area contributed by atoms with E-state index in [1.807, 2.05) is 0 Å². The first-order chi connectivity index (χ1) is 8.15. The number of aliphatic hydroxyl groups excluding tert-OH is 1. The van der Waals surface area contributed by atoms with Crippen LogP contribution in [0.1, 0.15) is 18.4 Å². The summed E-state index contributed by atoms with van der Waals surface area (Å²) < 4.78 is 26.4. The molecular formula is C13H17F2NO. The van der Waals surface area contributed by atoms with E-state index in [1.165, 1.54) is 12.1 Å². The first-order valence-corrected chi connectivity index (χ1v) is 5.91. The molecule has 1 saturated heterocycles. The lowest BCUT2D eigenvalue weighted by molar-refractivity contribution is 0.0939. The van der Waals surface area contributed by atoms with Gasteiger partial charge in [0.15, 0.2) is 0 Å². The molecule has 2 N–H and O–H groups in total. The average molecular weight is 241 g/mol. The first-order valence-electron chi connectivity index (χ1n) is 5.91. The molecule has 2 rings (SSSR count). The van der Waals surface area contributed by atoms with Crippen LogP contribution >= 0.6 is 0 Å². The van der Waals surface area contributed by atoms with Gasteiger partial charge in [-0.25, -0.2) is 8.78 Å². The van der Waals surface area contributed by atoms with Gasteiger partial charge in [0.2, 0.25) is 0 Å². The monoisotopic (exact) mass is 241 g/mol. The Labute approximate surface area is 99.7 Å². The Kier molecular flexibility index (Phi) is 3.74. The van der Waals surface area contributed by atoms with Gasteiger partial charge >= 0.3 is 0 Å². The van der Waals surface area contributed by atoms with E-state index in [9.17, 15) is 13.9 Å². The minimum atomic E-state index is -0.564. The number of aliphatic hydroxyl groups is 1. The molecule has 1 aliphatic rings. The molecular weight excluding hydrogens is 224 g/mol. The Hall–Kier alpha value is -1.00. The summed E-state index contributed by atoms with van der Waals surface area (Å²) in [5.74, 6) is -1.09. The van der Waals surface area contributed by atoms with Gasteiger partial charge in [-0.1, -0.05) is 6.07 Å². The van der Waals surface area contributed by atoms with Crippen molar-refractivity contribution in [1.82, 2.24) is 5.32 Å². The zero-order valence-electron chi connectivity index (χ0n) is 9.68. The summed E-state index contributed by atoms with van der Waals surface area (Å²) in [6.45, 7) is 1.64. The van der Waals surface area contributed by atoms with Crippen molar-refractivity contribution in [3.8, 4) is 0 Å². The number of halogens is 2. The highest BCUT2D eigenvalue weighted by molar-refractivity contribution is 5.20. The lowest BCUT2D eigenvalue weighted by Gasteiger charge is -2.36. The third-order valence-corrected chi connectivity index (χ3v) is 3.48. The second-order valence-electron chi connectivity index (χ2n) is 4.85. The predicted molar refractivity (Wildman–Crippen MR) is 61.7 cm³/mol. The molecule has 1 heterocycles. The normalized spacial score (nSPS) is 24.9. The summed E-state index contributed by atoms with van der Waals surface area (Å²) in [6.07, 6.45) is 2.29. The summed E-state index contributed by atoms with van der Waals surface area (Å²) in [4.78, 5) is 0. The Balaban J connectivity index is 2.17. The summed E-state index contributed by atoms with van der Waals surface area (Å²) in [7, 11) is 0. The van der Waals surface area contributed by atoms with Gasteiger partial charge in [0.05, 0.1) is 6.61 Å². The van der Waals surface area contributed by atoms with Crippen LogP contribution in [0.5, 0.6) is 0 Å². The van der Waals surface area contributed by atoms with Gasteiger partial charge in [0, 0.05) is 18.0 Å². The molecule has 2 nitrogen and oxygen atoms in total. The maximum Gasteiger partial charge on any atom is 0.129 e. The molecule has 0 unspecified atom stereocenters. The SMILES string of the molecule is OC[C@]1(Cc2ccc(F)cc2F)CCCNC1. The van der Waals surface area contributed by atoms with Crippen molar-refractivity contribution in [3.63, 3.8) is 0 Å². The summed E-state index contributed by atoms with van der Waals surface area (Å²) in [5, 5.41) is 12.7. The molecule has 1 atom stereocenters. The molecule has 0 spiro atoms. The molecule has 1 fully saturated rings. The van der Waals surface area contributed by atoms with Crippen molar-refractivity contribution in [1.29, 1.82) is 0 Å². The maximum atomic E-state index is 13.6. The number of hydrogen-bond acceptors (Lipinski definition) is 2. The Morgan fingerprint density at radius 1 is 1.35 bits per heavy atom. The zero-order chi connectivity index (χ0) is 12.3. The van der Waals surface area contributed by atoms with Gasteiger partial charge in [-0.3, -0.25) is 0 Å². The fraction of sp³-hybridized carbons (Fsp3) is 0.538. The molecule has 0 aromatic heterocycles. The van der Waals surface area contributed by atoms with Crippen molar-refractivity contribution in [2.45, 2.75) is 19.3 Å². The number of benzene rings is 1. The number of hydrogen-bond donors (Lipinski definition) is 2. The molecule has 94 valence electrons. The van der Waals surface area contributed by atoms with Crippen molar-refractivity contribution >= 4 is 0 Å². The van der Waals surface area contributed by atoms with E-state index in [1.54, 1.807) is 0 Å². The van der Waals surface area contributed by atoms with Crippen LogP contribution in [0.3, 0.4) is 0 Å².